The molecule has 0 heterocycles. The zero-order chi connectivity index (χ0) is 23.6. The quantitative estimate of drug-likeness (QED) is 0.230. The molecule has 0 unspecified atom stereocenters. The summed E-state index contributed by atoms with van der Waals surface area (Å²) in [5, 5.41) is 12.0. The lowest BCUT2D eigenvalue weighted by Crippen LogP contribution is -2.25. The molecule has 0 spiro atoms. The second-order valence-electron chi connectivity index (χ2n) is 7.17. The maximum absolute atomic E-state index is 12.6. The molecule has 3 rings (SSSR count). The smallest absolute Gasteiger partial charge is 0.343 e. The molecule has 0 aliphatic carbocycles. The molecule has 0 saturated heterocycles. The summed E-state index contributed by atoms with van der Waals surface area (Å²) in [5.74, 6) is -0.411. The van der Waals surface area contributed by atoms with E-state index in [1.165, 1.54) is 13.2 Å². The zero-order valence-corrected chi connectivity index (χ0v) is 18.5. The van der Waals surface area contributed by atoms with E-state index in [0.717, 1.165) is 17.5 Å². The highest BCUT2D eigenvalue weighted by molar-refractivity contribution is 6.01. The van der Waals surface area contributed by atoms with E-state index in [9.17, 15) is 14.9 Å². The van der Waals surface area contributed by atoms with Crippen LogP contribution in [0.15, 0.2) is 78.4 Å². The number of ether oxygens (including phenoxy) is 2. The van der Waals surface area contributed by atoms with Crippen molar-refractivity contribution >= 4 is 18.0 Å². The van der Waals surface area contributed by atoms with Gasteiger partial charge in [-0.2, -0.15) is 5.26 Å². The Morgan fingerprint density at radius 3 is 2.30 bits per heavy atom. The number of benzene rings is 3. The van der Waals surface area contributed by atoms with Gasteiger partial charge in [-0.3, -0.25) is 4.79 Å². The number of nitrogens with zero attached hydrogens (tertiary/aromatic N) is 1. The largest absolute Gasteiger partial charge is 0.493 e. The minimum absolute atomic E-state index is 0.0197. The minimum atomic E-state index is -0.520. The highest BCUT2D eigenvalue weighted by Gasteiger charge is 2.14. The topological polar surface area (TPSA) is 88.4 Å². The number of carbonyl (C=O) groups excluding carboxylic acids is 2. The fourth-order valence-electron chi connectivity index (χ4n) is 3.10. The summed E-state index contributed by atoms with van der Waals surface area (Å²) in [6.45, 7) is 2.42. The number of carbonyl (C=O) groups is 2. The number of nitrogens with one attached hydrogen (secondary N) is 1. The van der Waals surface area contributed by atoms with Gasteiger partial charge in [-0.15, -0.1) is 0 Å². The summed E-state index contributed by atoms with van der Waals surface area (Å²) in [7, 11) is 1.45. The monoisotopic (exact) mass is 440 g/mol. The molecule has 1 N–H and O–H groups in total. The number of amides is 1. The molecule has 3 aromatic rings. The fourth-order valence-corrected chi connectivity index (χ4v) is 3.10. The third-order valence-corrected chi connectivity index (χ3v) is 4.83. The van der Waals surface area contributed by atoms with Crippen molar-refractivity contribution < 1.29 is 19.1 Å². The molecular weight excluding hydrogens is 416 g/mol. The van der Waals surface area contributed by atoms with Crippen LogP contribution >= 0.6 is 0 Å². The number of rotatable bonds is 8. The number of nitriles is 1. The van der Waals surface area contributed by atoms with Gasteiger partial charge in [0.25, 0.3) is 5.91 Å². The van der Waals surface area contributed by atoms with Crippen molar-refractivity contribution in [2.45, 2.75) is 13.3 Å². The van der Waals surface area contributed by atoms with Crippen LogP contribution in [0, 0.1) is 11.3 Å². The second-order valence-corrected chi connectivity index (χ2v) is 7.17. The van der Waals surface area contributed by atoms with E-state index in [2.05, 4.69) is 5.32 Å². The molecular formula is C27H24N2O4. The van der Waals surface area contributed by atoms with E-state index in [0.29, 0.717) is 23.4 Å². The van der Waals surface area contributed by atoms with E-state index in [1.807, 2.05) is 55.5 Å². The minimum Gasteiger partial charge on any atom is -0.493 e. The first-order valence-corrected chi connectivity index (χ1v) is 10.5. The van der Waals surface area contributed by atoms with Gasteiger partial charge in [0.1, 0.15) is 11.6 Å². The van der Waals surface area contributed by atoms with Crippen molar-refractivity contribution in [3.8, 4) is 28.7 Å². The maximum Gasteiger partial charge on any atom is 0.343 e. The Kier molecular flexibility index (Phi) is 7.98. The van der Waals surface area contributed by atoms with Gasteiger partial charge in [0.2, 0.25) is 0 Å². The van der Waals surface area contributed by atoms with Gasteiger partial charge >= 0.3 is 5.97 Å². The molecule has 3 aromatic carbocycles. The van der Waals surface area contributed by atoms with Crippen molar-refractivity contribution in [2.75, 3.05) is 13.7 Å². The first-order valence-electron chi connectivity index (χ1n) is 10.5. The molecule has 166 valence electrons. The molecule has 0 aliphatic heterocycles. The summed E-state index contributed by atoms with van der Waals surface area (Å²) in [6.07, 6.45) is 2.23. The molecule has 0 aliphatic rings. The van der Waals surface area contributed by atoms with Crippen molar-refractivity contribution in [1.82, 2.24) is 5.32 Å². The molecule has 0 fully saturated rings. The Bertz CT molecular complexity index is 1190. The Balaban J connectivity index is 1.76. The maximum atomic E-state index is 12.6. The van der Waals surface area contributed by atoms with E-state index in [-0.39, 0.29) is 11.3 Å². The predicted molar refractivity (Wildman–Crippen MR) is 127 cm³/mol. The van der Waals surface area contributed by atoms with Crippen LogP contribution in [-0.4, -0.2) is 25.5 Å². The molecule has 0 radical (unpaired) electrons. The van der Waals surface area contributed by atoms with E-state index >= 15 is 0 Å². The molecule has 1 amide bonds. The average Bonchev–Trinajstić information content (AvgIpc) is 2.87. The highest BCUT2D eigenvalue weighted by Crippen LogP contribution is 2.30. The van der Waals surface area contributed by atoms with Crippen molar-refractivity contribution in [3.05, 3.63) is 89.5 Å². The van der Waals surface area contributed by atoms with Gasteiger partial charge in [-0.05, 0) is 53.5 Å². The third-order valence-electron chi connectivity index (χ3n) is 4.83. The SMILES string of the molecule is CCCNC(=O)/C(C#N)=C/c1ccc(OC(=O)c2ccc(-c3ccccc3)cc2)c(OC)c1. The zero-order valence-electron chi connectivity index (χ0n) is 18.5. The van der Waals surface area contributed by atoms with Crippen LogP contribution in [0.1, 0.15) is 29.3 Å². The van der Waals surface area contributed by atoms with E-state index in [4.69, 9.17) is 9.47 Å². The first-order chi connectivity index (χ1) is 16.0. The Labute approximate surface area is 193 Å². The van der Waals surface area contributed by atoms with Gasteiger partial charge in [-0.1, -0.05) is 55.5 Å². The summed E-state index contributed by atoms with van der Waals surface area (Å²) < 4.78 is 10.9. The molecule has 0 atom stereocenters. The molecule has 0 saturated carbocycles. The standard InChI is InChI=1S/C27H24N2O4/c1-3-15-29-26(30)23(18-28)16-19-9-14-24(25(17-19)32-2)33-27(31)22-12-10-21(11-13-22)20-7-5-4-6-8-20/h4-14,16-17H,3,15H2,1-2H3,(H,29,30)/b23-16+. The fraction of sp³-hybridized carbons (Fsp3) is 0.148. The van der Waals surface area contributed by atoms with Gasteiger partial charge in [0.15, 0.2) is 11.5 Å². The molecule has 33 heavy (non-hydrogen) atoms. The van der Waals surface area contributed by atoms with Crippen molar-refractivity contribution in [2.24, 2.45) is 0 Å². The summed E-state index contributed by atoms with van der Waals surface area (Å²) in [5.41, 5.74) is 3.01. The van der Waals surface area contributed by atoms with Gasteiger partial charge in [0, 0.05) is 6.54 Å². The Hall–Kier alpha value is -4.37. The molecule has 0 bridgehead atoms. The van der Waals surface area contributed by atoms with Gasteiger partial charge in [0.05, 0.1) is 12.7 Å². The van der Waals surface area contributed by atoms with Crippen LogP contribution in [0.2, 0.25) is 0 Å². The van der Waals surface area contributed by atoms with Crippen molar-refractivity contribution in [3.63, 3.8) is 0 Å². The Morgan fingerprint density at radius 1 is 0.970 bits per heavy atom. The molecule has 6 nitrogen and oxygen atoms in total. The summed E-state index contributed by atoms with van der Waals surface area (Å²) in [4.78, 5) is 24.7. The lowest BCUT2D eigenvalue weighted by molar-refractivity contribution is -0.117. The normalized spacial score (nSPS) is 10.8. The van der Waals surface area contributed by atoms with Crippen LogP contribution in [0.4, 0.5) is 0 Å². The first kappa shape index (κ1) is 23.3. The van der Waals surface area contributed by atoms with Crippen LogP contribution in [0.3, 0.4) is 0 Å². The van der Waals surface area contributed by atoms with E-state index in [1.54, 1.807) is 30.3 Å². The van der Waals surface area contributed by atoms with Crippen LogP contribution in [-0.2, 0) is 4.79 Å². The number of methoxy groups -OCH3 is 1. The average molecular weight is 440 g/mol. The van der Waals surface area contributed by atoms with Gasteiger partial charge in [-0.25, -0.2) is 4.79 Å². The Morgan fingerprint density at radius 2 is 1.67 bits per heavy atom. The van der Waals surface area contributed by atoms with Crippen LogP contribution < -0.4 is 14.8 Å². The van der Waals surface area contributed by atoms with Crippen LogP contribution in [0.25, 0.3) is 17.2 Å². The third kappa shape index (κ3) is 6.08. The number of hydrogen-bond acceptors (Lipinski definition) is 5. The second kappa shape index (κ2) is 11.3. The van der Waals surface area contributed by atoms with E-state index < -0.39 is 11.9 Å². The van der Waals surface area contributed by atoms with Crippen molar-refractivity contribution in [1.29, 1.82) is 5.26 Å². The van der Waals surface area contributed by atoms with Gasteiger partial charge < -0.3 is 14.8 Å². The number of esters is 1. The van der Waals surface area contributed by atoms with Crippen LogP contribution in [0.5, 0.6) is 11.5 Å². The highest BCUT2D eigenvalue weighted by atomic mass is 16.6. The molecule has 0 aromatic heterocycles. The summed E-state index contributed by atoms with van der Waals surface area (Å²) in [6, 6.07) is 23.7. The number of hydrogen-bond donors (Lipinski definition) is 1. The predicted octanol–water partition coefficient (Wildman–Crippen LogP) is 5.01. The lowest BCUT2D eigenvalue weighted by Gasteiger charge is -2.11. The lowest BCUT2D eigenvalue weighted by atomic mass is 10.0. The summed E-state index contributed by atoms with van der Waals surface area (Å²) >= 11 is 0. The molecule has 6 heteroatoms.